The molecule has 0 aliphatic heterocycles. The lowest BCUT2D eigenvalue weighted by Crippen LogP contribution is -1.90. The predicted molar refractivity (Wildman–Crippen MR) is 76.0 cm³/mol. The van der Waals surface area contributed by atoms with Crippen LogP contribution in [0.1, 0.15) is 17.1 Å². The summed E-state index contributed by atoms with van der Waals surface area (Å²) in [6, 6.07) is 10.6. The summed E-state index contributed by atoms with van der Waals surface area (Å²) in [6.07, 6.45) is 5.08. The molecule has 0 saturated heterocycles. The lowest BCUT2D eigenvalue weighted by Gasteiger charge is -1.93. The van der Waals surface area contributed by atoms with Gasteiger partial charge in [0, 0.05) is 0 Å². The van der Waals surface area contributed by atoms with Gasteiger partial charge in [-0.2, -0.15) is 0 Å². The van der Waals surface area contributed by atoms with E-state index >= 15 is 0 Å². The third-order valence-electron chi connectivity index (χ3n) is 2.05. The van der Waals surface area contributed by atoms with Crippen LogP contribution in [0.25, 0.3) is 0 Å². The minimum atomic E-state index is -0.0600. The molecule has 0 radical (unpaired) electrons. The maximum absolute atomic E-state index is 8.63. The molecule has 0 aromatic carbocycles. The number of hydrogen-bond donors (Lipinski definition) is 2. The van der Waals surface area contributed by atoms with Gasteiger partial charge in [0.05, 0.1) is 24.6 Å². The fraction of sp³-hybridized carbons (Fsp3) is 0.143. The van der Waals surface area contributed by atoms with Crippen LogP contribution in [-0.2, 0) is 13.2 Å². The van der Waals surface area contributed by atoms with Crippen molar-refractivity contribution in [2.24, 2.45) is 0 Å². The van der Waals surface area contributed by atoms with Crippen LogP contribution in [0, 0.1) is 12.3 Å². The Morgan fingerprint density at radius 1 is 1.00 bits per heavy atom. The Labute approximate surface area is 120 Å². The zero-order valence-electron chi connectivity index (χ0n) is 10.1. The van der Waals surface area contributed by atoms with Crippen LogP contribution in [0.2, 0.25) is 0 Å². The average Bonchev–Trinajstić information content (AvgIpc) is 2.48. The van der Waals surface area contributed by atoms with Gasteiger partial charge in [0.15, 0.2) is 0 Å². The molecule has 19 heavy (non-hydrogen) atoms. The van der Waals surface area contributed by atoms with Crippen LogP contribution in [-0.4, -0.2) is 20.2 Å². The first kappa shape index (κ1) is 15.3. The smallest absolute Gasteiger partial charge is 0.113 e. The summed E-state index contributed by atoms with van der Waals surface area (Å²) in [6.45, 7) is -0.0606. The van der Waals surface area contributed by atoms with Crippen LogP contribution in [0.5, 0.6) is 0 Å². The Morgan fingerprint density at radius 2 is 1.58 bits per heavy atom. The SMILES string of the molecule is C#Cc1cccc(CO)n1.OCc1cccc(Br)n1. The molecule has 0 amide bonds. The van der Waals surface area contributed by atoms with Gasteiger partial charge in [-0.05, 0) is 40.2 Å². The average molecular weight is 321 g/mol. The highest BCUT2D eigenvalue weighted by Gasteiger charge is 1.91. The van der Waals surface area contributed by atoms with E-state index in [1.165, 1.54) is 0 Å². The molecule has 2 rings (SSSR count). The monoisotopic (exact) mass is 320 g/mol. The molecule has 5 heteroatoms. The number of hydrogen-bond acceptors (Lipinski definition) is 4. The molecule has 2 aromatic heterocycles. The normalized spacial score (nSPS) is 9.16. The summed E-state index contributed by atoms with van der Waals surface area (Å²) in [5.41, 5.74) is 1.85. The number of rotatable bonds is 2. The van der Waals surface area contributed by atoms with Crippen molar-refractivity contribution in [1.82, 2.24) is 9.97 Å². The molecule has 0 spiro atoms. The van der Waals surface area contributed by atoms with Gasteiger partial charge in [-0.15, -0.1) is 6.42 Å². The van der Waals surface area contributed by atoms with E-state index in [4.69, 9.17) is 16.6 Å². The maximum atomic E-state index is 8.63. The first-order valence-corrected chi connectivity index (χ1v) is 6.24. The van der Waals surface area contributed by atoms with Crippen molar-refractivity contribution in [1.29, 1.82) is 0 Å². The molecule has 0 saturated carbocycles. The predicted octanol–water partition coefficient (Wildman–Crippen LogP) is 1.89. The largest absolute Gasteiger partial charge is 0.390 e. The lowest BCUT2D eigenvalue weighted by molar-refractivity contribution is 0.276. The van der Waals surface area contributed by atoms with Crippen LogP contribution in [0.15, 0.2) is 41.0 Å². The minimum Gasteiger partial charge on any atom is -0.390 e. The number of nitrogens with zero attached hydrogens (tertiary/aromatic N) is 2. The minimum absolute atomic E-state index is 0.000556. The van der Waals surface area contributed by atoms with Gasteiger partial charge in [-0.1, -0.05) is 18.1 Å². The molecule has 2 heterocycles. The Morgan fingerprint density at radius 3 is 2.05 bits per heavy atom. The van der Waals surface area contributed by atoms with Crippen LogP contribution in [0.4, 0.5) is 0 Å². The number of terminal acetylenes is 1. The van der Waals surface area contributed by atoms with Gasteiger partial charge >= 0.3 is 0 Å². The highest BCUT2D eigenvalue weighted by Crippen LogP contribution is 2.05. The fourth-order valence-corrected chi connectivity index (χ4v) is 1.57. The van der Waals surface area contributed by atoms with E-state index in [2.05, 4.69) is 31.8 Å². The van der Waals surface area contributed by atoms with Gasteiger partial charge in [-0.3, -0.25) is 0 Å². The summed E-state index contributed by atoms with van der Waals surface area (Å²) < 4.78 is 0.758. The van der Waals surface area contributed by atoms with Crippen molar-refractivity contribution >= 4 is 15.9 Å². The second kappa shape index (κ2) is 8.38. The van der Waals surface area contributed by atoms with E-state index in [1.54, 1.807) is 24.3 Å². The molecular weight excluding hydrogens is 308 g/mol. The van der Waals surface area contributed by atoms with Crippen LogP contribution >= 0.6 is 15.9 Å². The molecule has 0 fully saturated rings. The highest BCUT2D eigenvalue weighted by atomic mass is 79.9. The van der Waals surface area contributed by atoms with Gasteiger partial charge < -0.3 is 10.2 Å². The lowest BCUT2D eigenvalue weighted by atomic mass is 10.3. The molecule has 2 N–H and O–H groups in total. The zero-order valence-corrected chi connectivity index (χ0v) is 11.7. The molecule has 2 aromatic rings. The number of aliphatic hydroxyl groups excluding tert-OH is 2. The summed E-state index contributed by atoms with van der Waals surface area (Å²) in [5.74, 6) is 2.38. The molecule has 0 bridgehead atoms. The van der Waals surface area contributed by atoms with Crippen LogP contribution < -0.4 is 0 Å². The molecule has 0 unspecified atom stereocenters. The third-order valence-corrected chi connectivity index (χ3v) is 2.49. The van der Waals surface area contributed by atoms with Gasteiger partial charge in [0.2, 0.25) is 0 Å². The fourth-order valence-electron chi connectivity index (χ4n) is 1.19. The molecule has 0 aliphatic rings. The van der Waals surface area contributed by atoms with Gasteiger partial charge in [0.25, 0.3) is 0 Å². The van der Waals surface area contributed by atoms with E-state index in [0.717, 1.165) is 4.60 Å². The first-order chi connectivity index (χ1) is 9.19. The maximum Gasteiger partial charge on any atom is 0.113 e. The summed E-state index contributed by atoms with van der Waals surface area (Å²) in [4.78, 5) is 7.88. The summed E-state index contributed by atoms with van der Waals surface area (Å²) >= 11 is 3.18. The second-order valence-electron chi connectivity index (χ2n) is 3.43. The molecule has 0 aliphatic carbocycles. The van der Waals surface area contributed by atoms with Crippen molar-refractivity contribution in [3.8, 4) is 12.3 Å². The van der Waals surface area contributed by atoms with Crippen molar-refractivity contribution in [3.63, 3.8) is 0 Å². The number of aliphatic hydroxyl groups is 2. The Hall–Kier alpha value is -1.74. The van der Waals surface area contributed by atoms with E-state index in [-0.39, 0.29) is 13.2 Å². The Bertz CT molecular complexity index is 567. The van der Waals surface area contributed by atoms with E-state index < -0.39 is 0 Å². The molecule has 98 valence electrons. The Balaban J connectivity index is 0.000000191. The highest BCUT2D eigenvalue weighted by molar-refractivity contribution is 9.10. The van der Waals surface area contributed by atoms with Crippen molar-refractivity contribution in [2.45, 2.75) is 13.2 Å². The number of aromatic nitrogens is 2. The van der Waals surface area contributed by atoms with Gasteiger partial charge in [-0.25, -0.2) is 9.97 Å². The second-order valence-corrected chi connectivity index (χ2v) is 4.24. The number of halogens is 1. The zero-order chi connectivity index (χ0) is 14.1. The van der Waals surface area contributed by atoms with Crippen LogP contribution in [0.3, 0.4) is 0 Å². The van der Waals surface area contributed by atoms with E-state index in [1.807, 2.05) is 12.1 Å². The third kappa shape index (κ3) is 5.62. The first-order valence-electron chi connectivity index (χ1n) is 5.45. The van der Waals surface area contributed by atoms with Gasteiger partial charge in [0.1, 0.15) is 10.3 Å². The quantitative estimate of drug-likeness (QED) is 0.655. The van der Waals surface area contributed by atoms with Crippen molar-refractivity contribution in [3.05, 3.63) is 58.1 Å². The summed E-state index contributed by atoms with van der Waals surface area (Å²) in [5, 5.41) is 17.2. The van der Waals surface area contributed by atoms with E-state index in [0.29, 0.717) is 17.1 Å². The molecular formula is C14H13BrN2O2. The van der Waals surface area contributed by atoms with Crippen molar-refractivity contribution in [2.75, 3.05) is 0 Å². The standard InChI is InChI=1S/C8H7NO.C6H6BrNO/c1-2-7-4-3-5-8(6-10)9-7;7-6-3-1-2-5(4-9)8-6/h1,3-5,10H,6H2;1-3,9H,4H2. The Kier molecular flexibility index (Phi) is 6.75. The molecule has 0 atom stereocenters. The van der Waals surface area contributed by atoms with Crippen molar-refractivity contribution < 1.29 is 10.2 Å². The van der Waals surface area contributed by atoms with E-state index in [9.17, 15) is 0 Å². The summed E-state index contributed by atoms with van der Waals surface area (Å²) in [7, 11) is 0. The topological polar surface area (TPSA) is 66.2 Å². The molecule has 4 nitrogen and oxygen atoms in total. The number of pyridine rings is 2.